The van der Waals surface area contributed by atoms with Crippen molar-refractivity contribution in [1.82, 2.24) is 4.90 Å². The SMILES string of the molecule is Cc1ccc(NC(=O)CSC(C)C(=O)N2CCCC2C(=O)O)cc1. The maximum Gasteiger partial charge on any atom is 0.326 e. The number of nitrogens with one attached hydrogen (secondary N) is 1. The molecule has 1 aliphatic heterocycles. The molecule has 1 aliphatic rings. The van der Waals surface area contributed by atoms with Crippen molar-refractivity contribution in [3.63, 3.8) is 0 Å². The lowest BCUT2D eigenvalue weighted by Crippen LogP contribution is -2.44. The van der Waals surface area contributed by atoms with Crippen molar-refractivity contribution in [2.75, 3.05) is 17.6 Å². The fraction of sp³-hybridized carbons (Fsp3) is 0.471. The van der Waals surface area contributed by atoms with Gasteiger partial charge in [-0.3, -0.25) is 9.59 Å². The van der Waals surface area contributed by atoms with Gasteiger partial charge in [0.2, 0.25) is 11.8 Å². The van der Waals surface area contributed by atoms with Gasteiger partial charge in [-0.2, -0.15) is 0 Å². The minimum absolute atomic E-state index is 0.145. The summed E-state index contributed by atoms with van der Waals surface area (Å²) in [5.74, 6) is -1.21. The average molecular weight is 350 g/mol. The van der Waals surface area contributed by atoms with E-state index in [1.54, 1.807) is 6.92 Å². The molecule has 2 unspecified atom stereocenters. The molecule has 2 rings (SSSR count). The van der Waals surface area contributed by atoms with Crippen LogP contribution in [0.3, 0.4) is 0 Å². The number of aliphatic carboxylic acids is 1. The minimum atomic E-state index is -0.963. The summed E-state index contributed by atoms with van der Waals surface area (Å²) in [5.41, 5.74) is 1.83. The summed E-state index contributed by atoms with van der Waals surface area (Å²) in [6, 6.07) is 6.74. The van der Waals surface area contributed by atoms with Gasteiger partial charge < -0.3 is 15.3 Å². The monoisotopic (exact) mass is 350 g/mol. The van der Waals surface area contributed by atoms with Crippen LogP contribution in [0.25, 0.3) is 0 Å². The molecule has 2 N–H and O–H groups in total. The summed E-state index contributed by atoms with van der Waals surface area (Å²) < 4.78 is 0. The second-order valence-electron chi connectivity index (χ2n) is 5.90. The third-order valence-electron chi connectivity index (χ3n) is 3.97. The summed E-state index contributed by atoms with van der Waals surface area (Å²) in [5, 5.41) is 11.5. The van der Waals surface area contributed by atoms with E-state index in [1.165, 1.54) is 16.7 Å². The summed E-state index contributed by atoms with van der Waals surface area (Å²) in [4.78, 5) is 36.9. The molecule has 2 amide bonds. The van der Waals surface area contributed by atoms with Crippen molar-refractivity contribution < 1.29 is 19.5 Å². The van der Waals surface area contributed by atoms with Gasteiger partial charge in [0.15, 0.2) is 0 Å². The first-order valence-corrected chi connectivity index (χ1v) is 8.95. The molecule has 0 aromatic heterocycles. The zero-order chi connectivity index (χ0) is 17.7. The van der Waals surface area contributed by atoms with Gasteiger partial charge in [-0.1, -0.05) is 17.7 Å². The van der Waals surface area contributed by atoms with E-state index in [0.717, 1.165) is 11.3 Å². The smallest absolute Gasteiger partial charge is 0.326 e. The van der Waals surface area contributed by atoms with Crippen molar-refractivity contribution in [1.29, 1.82) is 0 Å². The number of aryl methyl sites for hydroxylation is 1. The highest BCUT2D eigenvalue weighted by Gasteiger charge is 2.35. The number of carbonyl (C=O) groups is 3. The predicted octanol–water partition coefficient (Wildman–Crippen LogP) is 2.13. The number of carbonyl (C=O) groups excluding carboxylic acids is 2. The van der Waals surface area contributed by atoms with Crippen LogP contribution in [0, 0.1) is 6.92 Å². The fourth-order valence-electron chi connectivity index (χ4n) is 2.63. The number of nitrogens with zero attached hydrogens (tertiary/aromatic N) is 1. The van der Waals surface area contributed by atoms with Crippen molar-refractivity contribution >= 4 is 35.2 Å². The highest BCUT2D eigenvalue weighted by atomic mass is 32.2. The highest BCUT2D eigenvalue weighted by Crippen LogP contribution is 2.22. The molecular weight excluding hydrogens is 328 g/mol. The molecular formula is C17H22N2O4S. The van der Waals surface area contributed by atoms with Crippen LogP contribution >= 0.6 is 11.8 Å². The number of benzene rings is 1. The van der Waals surface area contributed by atoms with Crippen LogP contribution in [0.5, 0.6) is 0 Å². The van der Waals surface area contributed by atoms with Gasteiger partial charge >= 0.3 is 5.97 Å². The molecule has 130 valence electrons. The number of carboxylic acids is 1. The Labute approximate surface area is 145 Å². The van der Waals surface area contributed by atoms with Crippen LogP contribution in [0.4, 0.5) is 5.69 Å². The second kappa shape index (κ2) is 8.19. The summed E-state index contributed by atoms with van der Waals surface area (Å²) in [7, 11) is 0. The molecule has 0 saturated carbocycles. The Morgan fingerprint density at radius 3 is 2.62 bits per heavy atom. The molecule has 1 aromatic rings. The first-order chi connectivity index (χ1) is 11.4. The van der Waals surface area contributed by atoms with E-state index in [-0.39, 0.29) is 17.6 Å². The number of carboxylic acid groups (broad SMARTS) is 1. The first kappa shape index (κ1) is 18.3. The van der Waals surface area contributed by atoms with Gasteiger partial charge in [0, 0.05) is 12.2 Å². The Bertz CT molecular complexity index is 618. The van der Waals surface area contributed by atoms with E-state index in [2.05, 4.69) is 5.32 Å². The van der Waals surface area contributed by atoms with Crippen molar-refractivity contribution in [3.05, 3.63) is 29.8 Å². The van der Waals surface area contributed by atoms with Gasteiger partial charge in [0.25, 0.3) is 0 Å². The van der Waals surface area contributed by atoms with Crippen LogP contribution in [-0.2, 0) is 14.4 Å². The molecule has 1 aromatic carbocycles. The van der Waals surface area contributed by atoms with Crippen LogP contribution in [0.2, 0.25) is 0 Å². The maximum absolute atomic E-state index is 12.4. The summed E-state index contributed by atoms with van der Waals surface area (Å²) >= 11 is 1.22. The van der Waals surface area contributed by atoms with Crippen LogP contribution in [0.15, 0.2) is 24.3 Å². The zero-order valence-electron chi connectivity index (χ0n) is 13.8. The van der Waals surface area contributed by atoms with Crippen molar-refractivity contribution in [2.24, 2.45) is 0 Å². The number of rotatable bonds is 6. The zero-order valence-corrected chi connectivity index (χ0v) is 14.6. The third kappa shape index (κ3) is 4.74. The van der Waals surface area contributed by atoms with Gasteiger partial charge in [-0.15, -0.1) is 11.8 Å². The van der Waals surface area contributed by atoms with E-state index >= 15 is 0 Å². The molecule has 7 heteroatoms. The second-order valence-corrected chi connectivity index (χ2v) is 7.22. The lowest BCUT2D eigenvalue weighted by Gasteiger charge is -2.24. The van der Waals surface area contributed by atoms with Gasteiger partial charge in [0.1, 0.15) is 6.04 Å². The van der Waals surface area contributed by atoms with E-state index < -0.39 is 17.3 Å². The lowest BCUT2D eigenvalue weighted by molar-refractivity contribution is -0.147. The molecule has 0 radical (unpaired) electrons. The topological polar surface area (TPSA) is 86.7 Å². The van der Waals surface area contributed by atoms with Gasteiger partial charge in [-0.05, 0) is 38.8 Å². The van der Waals surface area contributed by atoms with Crippen LogP contribution in [0.1, 0.15) is 25.3 Å². The van der Waals surface area contributed by atoms with Crippen molar-refractivity contribution in [2.45, 2.75) is 38.0 Å². The average Bonchev–Trinajstić information content (AvgIpc) is 3.04. The van der Waals surface area contributed by atoms with Crippen LogP contribution < -0.4 is 5.32 Å². The molecule has 2 atom stereocenters. The minimum Gasteiger partial charge on any atom is -0.480 e. The van der Waals surface area contributed by atoms with Gasteiger partial charge in [-0.25, -0.2) is 4.79 Å². The first-order valence-electron chi connectivity index (χ1n) is 7.90. The molecule has 6 nitrogen and oxygen atoms in total. The Morgan fingerprint density at radius 1 is 1.33 bits per heavy atom. The lowest BCUT2D eigenvalue weighted by atomic mass is 10.2. The Balaban J connectivity index is 1.82. The predicted molar refractivity (Wildman–Crippen MR) is 94.1 cm³/mol. The van der Waals surface area contributed by atoms with E-state index in [1.807, 2.05) is 31.2 Å². The summed E-state index contributed by atoms with van der Waals surface area (Å²) in [6.07, 6.45) is 1.19. The molecule has 0 bridgehead atoms. The fourth-order valence-corrected chi connectivity index (χ4v) is 3.38. The molecule has 0 aliphatic carbocycles. The van der Waals surface area contributed by atoms with Crippen molar-refractivity contribution in [3.8, 4) is 0 Å². The number of hydrogen-bond acceptors (Lipinski definition) is 4. The number of hydrogen-bond donors (Lipinski definition) is 2. The molecule has 24 heavy (non-hydrogen) atoms. The maximum atomic E-state index is 12.4. The normalized spacial score (nSPS) is 18.2. The van der Waals surface area contributed by atoms with E-state index in [0.29, 0.717) is 19.4 Å². The number of likely N-dealkylation sites (tertiary alicyclic amines) is 1. The Morgan fingerprint density at radius 2 is 2.00 bits per heavy atom. The van der Waals surface area contributed by atoms with Gasteiger partial charge in [0.05, 0.1) is 11.0 Å². The van der Waals surface area contributed by atoms with Crippen LogP contribution in [-0.4, -0.2) is 51.4 Å². The molecule has 0 spiro atoms. The number of anilines is 1. The Kier molecular flexibility index (Phi) is 6.25. The van der Waals surface area contributed by atoms with E-state index in [4.69, 9.17) is 5.11 Å². The van der Waals surface area contributed by atoms with E-state index in [9.17, 15) is 14.4 Å². The quantitative estimate of drug-likeness (QED) is 0.821. The summed E-state index contributed by atoms with van der Waals surface area (Å²) in [6.45, 7) is 4.15. The standard InChI is InChI=1S/C17H22N2O4S/c1-11-5-7-13(8-6-11)18-15(20)10-24-12(2)16(21)19-9-3-4-14(19)17(22)23/h5-8,12,14H,3-4,9-10H2,1-2H3,(H,18,20)(H,22,23). The highest BCUT2D eigenvalue weighted by molar-refractivity contribution is 8.01. The Hall–Kier alpha value is -2.02. The number of thioether (sulfide) groups is 1. The molecule has 1 saturated heterocycles. The molecule has 1 fully saturated rings. The largest absolute Gasteiger partial charge is 0.480 e. The molecule has 1 heterocycles. The number of amides is 2. The third-order valence-corrected chi connectivity index (χ3v) is 5.10.